The number of para-hydroxylation sites is 1. The Morgan fingerprint density at radius 2 is 1.76 bits per heavy atom. The summed E-state index contributed by atoms with van der Waals surface area (Å²) in [6.07, 6.45) is 0.931. The molecular weight excluding hydrogens is 450 g/mol. The van der Waals surface area contributed by atoms with Crippen molar-refractivity contribution in [1.82, 2.24) is 14.8 Å². The third-order valence-corrected chi connectivity index (χ3v) is 6.18. The SMILES string of the molecule is CCOc1ccc(NC(=O)Cc2nnc(SCC(=O)Nc3c(C)cccc3CC)n2CC)cc1. The van der Waals surface area contributed by atoms with Crippen LogP contribution in [0.5, 0.6) is 5.75 Å². The zero-order valence-corrected chi connectivity index (χ0v) is 20.9. The number of rotatable bonds is 11. The molecule has 0 aliphatic rings. The highest BCUT2D eigenvalue weighted by molar-refractivity contribution is 7.99. The Morgan fingerprint density at radius 3 is 2.44 bits per heavy atom. The quantitative estimate of drug-likeness (QED) is 0.392. The number of anilines is 2. The molecule has 0 fully saturated rings. The van der Waals surface area contributed by atoms with Gasteiger partial charge in [-0.05, 0) is 62.6 Å². The standard InChI is InChI=1S/C25H31N5O3S/c1-5-18-10-8-9-17(4)24(18)27-23(32)16-34-25-29-28-21(30(25)6-2)15-22(31)26-19-11-13-20(14-12-19)33-7-3/h8-14H,5-7,15-16H2,1-4H3,(H,26,31)(H,27,32). The highest BCUT2D eigenvalue weighted by atomic mass is 32.2. The van der Waals surface area contributed by atoms with E-state index in [1.165, 1.54) is 11.8 Å². The van der Waals surface area contributed by atoms with Gasteiger partial charge >= 0.3 is 0 Å². The fraction of sp³-hybridized carbons (Fsp3) is 0.360. The molecule has 1 aromatic heterocycles. The van der Waals surface area contributed by atoms with Gasteiger partial charge in [-0.1, -0.05) is 36.9 Å². The Bertz CT molecular complexity index is 1130. The highest BCUT2D eigenvalue weighted by Gasteiger charge is 2.17. The summed E-state index contributed by atoms with van der Waals surface area (Å²) in [5.41, 5.74) is 3.70. The van der Waals surface area contributed by atoms with Gasteiger partial charge in [0.1, 0.15) is 11.6 Å². The lowest BCUT2D eigenvalue weighted by Crippen LogP contribution is -2.18. The minimum atomic E-state index is -0.188. The molecule has 180 valence electrons. The van der Waals surface area contributed by atoms with Gasteiger partial charge in [0.2, 0.25) is 11.8 Å². The molecule has 2 N–H and O–H groups in total. The molecule has 8 nitrogen and oxygen atoms in total. The Kier molecular flexibility index (Phi) is 9.09. The van der Waals surface area contributed by atoms with E-state index in [9.17, 15) is 9.59 Å². The van der Waals surface area contributed by atoms with E-state index in [2.05, 4.69) is 27.8 Å². The predicted molar refractivity (Wildman–Crippen MR) is 136 cm³/mol. The number of nitrogens with one attached hydrogen (secondary N) is 2. The van der Waals surface area contributed by atoms with E-state index < -0.39 is 0 Å². The number of hydrogen-bond acceptors (Lipinski definition) is 6. The first-order valence-electron chi connectivity index (χ1n) is 11.4. The van der Waals surface area contributed by atoms with Gasteiger partial charge in [0, 0.05) is 17.9 Å². The molecule has 9 heteroatoms. The van der Waals surface area contributed by atoms with E-state index in [-0.39, 0.29) is 24.0 Å². The van der Waals surface area contributed by atoms with Crippen LogP contribution in [0.4, 0.5) is 11.4 Å². The van der Waals surface area contributed by atoms with Gasteiger partial charge < -0.3 is 19.9 Å². The van der Waals surface area contributed by atoms with Crippen LogP contribution in [-0.2, 0) is 29.0 Å². The van der Waals surface area contributed by atoms with E-state index in [1.807, 2.05) is 55.7 Å². The second-order valence-corrected chi connectivity index (χ2v) is 8.57. The van der Waals surface area contributed by atoms with Crippen molar-refractivity contribution in [2.24, 2.45) is 0 Å². The van der Waals surface area contributed by atoms with Crippen LogP contribution in [0.1, 0.15) is 37.7 Å². The van der Waals surface area contributed by atoms with Gasteiger partial charge in [-0.2, -0.15) is 0 Å². The molecule has 0 atom stereocenters. The summed E-state index contributed by atoms with van der Waals surface area (Å²) >= 11 is 1.31. The van der Waals surface area contributed by atoms with Gasteiger partial charge in [0.25, 0.3) is 0 Å². The number of hydrogen-bond donors (Lipinski definition) is 2. The van der Waals surface area contributed by atoms with E-state index in [0.29, 0.717) is 29.8 Å². The van der Waals surface area contributed by atoms with E-state index >= 15 is 0 Å². The average Bonchev–Trinajstić information content (AvgIpc) is 3.21. The number of aromatic nitrogens is 3. The molecular formula is C25H31N5O3S. The number of carbonyl (C=O) groups is 2. The van der Waals surface area contributed by atoms with Crippen LogP contribution < -0.4 is 15.4 Å². The third kappa shape index (κ3) is 6.60. The fourth-order valence-corrected chi connectivity index (χ4v) is 4.35. The van der Waals surface area contributed by atoms with Gasteiger partial charge in [0.05, 0.1) is 18.8 Å². The second kappa shape index (κ2) is 12.2. The topological polar surface area (TPSA) is 98.1 Å². The molecule has 2 amide bonds. The van der Waals surface area contributed by atoms with Crippen LogP contribution >= 0.6 is 11.8 Å². The lowest BCUT2D eigenvalue weighted by Gasteiger charge is -2.13. The first-order chi connectivity index (χ1) is 16.4. The lowest BCUT2D eigenvalue weighted by molar-refractivity contribution is -0.116. The summed E-state index contributed by atoms with van der Waals surface area (Å²) < 4.78 is 7.28. The highest BCUT2D eigenvalue weighted by Crippen LogP contribution is 2.23. The number of aryl methyl sites for hydroxylation is 2. The van der Waals surface area contributed by atoms with E-state index in [1.54, 1.807) is 12.1 Å². The maximum atomic E-state index is 12.6. The molecule has 0 saturated heterocycles. The molecule has 3 aromatic rings. The zero-order chi connectivity index (χ0) is 24.5. The summed E-state index contributed by atoms with van der Waals surface area (Å²) in [5, 5.41) is 14.9. The summed E-state index contributed by atoms with van der Waals surface area (Å²) in [5.74, 6) is 1.22. The van der Waals surface area contributed by atoms with Gasteiger partial charge in [0.15, 0.2) is 5.16 Å². The molecule has 0 aliphatic heterocycles. The maximum Gasteiger partial charge on any atom is 0.234 e. The number of nitrogens with zero attached hydrogens (tertiary/aromatic N) is 3. The summed E-state index contributed by atoms with van der Waals surface area (Å²) in [7, 11) is 0. The first kappa shape index (κ1) is 25.3. The zero-order valence-electron chi connectivity index (χ0n) is 20.1. The van der Waals surface area contributed by atoms with Crippen LogP contribution in [0, 0.1) is 6.92 Å². The number of benzene rings is 2. The van der Waals surface area contributed by atoms with Crippen LogP contribution in [0.15, 0.2) is 47.6 Å². The van der Waals surface area contributed by atoms with Crippen molar-refractivity contribution in [3.63, 3.8) is 0 Å². The number of thioether (sulfide) groups is 1. The Morgan fingerprint density at radius 1 is 1.00 bits per heavy atom. The van der Waals surface area contributed by atoms with Crippen molar-refractivity contribution in [2.75, 3.05) is 23.0 Å². The van der Waals surface area contributed by atoms with E-state index in [4.69, 9.17) is 4.74 Å². The number of ether oxygens (including phenoxy) is 1. The van der Waals surface area contributed by atoms with Crippen LogP contribution in [-0.4, -0.2) is 38.9 Å². The van der Waals surface area contributed by atoms with Crippen molar-refractivity contribution in [1.29, 1.82) is 0 Å². The minimum Gasteiger partial charge on any atom is -0.494 e. The van der Waals surface area contributed by atoms with Crippen molar-refractivity contribution in [2.45, 2.75) is 52.2 Å². The molecule has 0 unspecified atom stereocenters. The number of carbonyl (C=O) groups excluding carboxylic acids is 2. The Hall–Kier alpha value is -3.33. The smallest absolute Gasteiger partial charge is 0.234 e. The molecule has 2 aromatic carbocycles. The van der Waals surface area contributed by atoms with E-state index in [0.717, 1.165) is 29.0 Å². The molecule has 0 bridgehead atoms. The molecule has 1 heterocycles. The molecule has 0 aliphatic carbocycles. The Balaban J connectivity index is 1.58. The molecule has 0 radical (unpaired) electrons. The average molecular weight is 482 g/mol. The second-order valence-electron chi connectivity index (χ2n) is 7.62. The van der Waals surface area contributed by atoms with Crippen molar-refractivity contribution in [3.05, 3.63) is 59.4 Å². The van der Waals surface area contributed by atoms with Crippen LogP contribution in [0.2, 0.25) is 0 Å². The molecule has 0 saturated carbocycles. The normalized spacial score (nSPS) is 10.7. The Labute approximate surface area is 204 Å². The molecule has 3 rings (SSSR count). The third-order valence-electron chi connectivity index (χ3n) is 5.21. The van der Waals surface area contributed by atoms with Crippen LogP contribution in [0.3, 0.4) is 0 Å². The molecule has 34 heavy (non-hydrogen) atoms. The summed E-state index contributed by atoms with van der Waals surface area (Å²) in [6, 6.07) is 13.2. The first-order valence-corrected chi connectivity index (χ1v) is 12.4. The fourth-order valence-electron chi connectivity index (χ4n) is 3.53. The van der Waals surface area contributed by atoms with Gasteiger partial charge in [-0.15, -0.1) is 10.2 Å². The van der Waals surface area contributed by atoms with Crippen molar-refractivity contribution >= 4 is 35.0 Å². The molecule has 0 spiro atoms. The lowest BCUT2D eigenvalue weighted by atomic mass is 10.1. The predicted octanol–water partition coefficient (Wildman–Crippen LogP) is 4.48. The minimum absolute atomic E-state index is 0.0872. The van der Waals surface area contributed by atoms with Gasteiger partial charge in [-0.3, -0.25) is 9.59 Å². The van der Waals surface area contributed by atoms with Crippen LogP contribution in [0.25, 0.3) is 0 Å². The maximum absolute atomic E-state index is 12.6. The van der Waals surface area contributed by atoms with Crippen molar-refractivity contribution in [3.8, 4) is 5.75 Å². The number of amides is 2. The van der Waals surface area contributed by atoms with Gasteiger partial charge in [-0.25, -0.2) is 0 Å². The monoisotopic (exact) mass is 481 g/mol. The van der Waals surface area contributed by atoms with Crippen molar-refractivity contribution < 1.29 is 14.3 Å². The summed E-state index contributed by atoms with van der Waals surface area (Å²) in [6.45, 7) is 9.12. The summed E-state index contributed by atoms with van der Waals surface area (Å²) in [4.78, 5) is 25.1. The largest absolute Gasteiger partial charge is 0.494 e.